The highest BCUT2D eigenvalue weighted by Crippen LogP contribution is 2.36. The zero-order valence-corrected chi connectivity index (χ0v) is 12.2. The predicted molar refractivity (Wildman–Crippen MR) is 78.6 cm³/mol. The molecule has 2 aromatic rings. The van der Waals surface area contributed by atoms with Crippen molar-refractivity contribution in [2.45, 2.75) is 51.7 Å². The number of nitrogens with two attached hydrogens (primary N) is 1. The van der Waals surface area contributed by atoms with E-state index in [2.05, 4.69) is 26.5 Å². The van der Waals surface area contributed by atoms with Crippen LogP contribution in [0.1, 0.15) is 37.9 Å². The molecule has 0 bridgehead atoms. The summed E-state index contributed by atoms with van der Waals surface area (Å²) < 4.78 is 4.26. The Hall–Kier alpha value is -1.56. The average Bonchev–Trinajstić information content (AvgIpc) is 2.96. The third-order valence-electron chi connectivity index (χ3n) is 4.69. The minimum atomic E-state index is 0.446. The third-order valence-corrected chi connectivity index (χ3v) is 4.69. The number of aryl methyl sites for hydroxylation is 2. The van der Waals surface area contributed by atoms with Crippen LogP contribution in [0.25, 0.3) is 11.2 Å². The molecule has 108 valence electrons. The number of likely N-dealkylation sites (tertiary alicyclic amines) is 1. The summed E-state index contributed by atoms with van der Waals surface area (Å²) in [7, 11) is 0. The summed E-state index contributed by atoms with van der Waals surface area (Å²) >= 11 is 0. The van der Waals surface area contributed by atoms with Gasteiger partial charge in [0.15, 0.2) is 5.65 Å². The van der Waals surface area contributed by atoms with Gasteiger partial charge in [0.2, 0.25) is 5.95 Å². The van der Waals surface area contributed by atoms with Crippen LogP contribution in [0.4, 0.5) is 5.95 Å². The van der Waals surface area contributed by atoms with Crippen molar-refractivity contribution in [1.29, 1.82) is 0 Å². The molecule has 1 saturated heterocycles. The Morgan fingerprint density at radius 3 is 2.75 bits per heavy atom. The molecular formula is C14H22N6. The molecule has 1 aliphatic heterocycles. The number of nitrogens with zero attached hydrogens (tertiary/aromatic N) is 5. The Morgan fingerprint density at radius 2 is 2.05 bits per heavy atom. The first-order valence-electron chi connectivity index (χ1n) is 7.64. The normalized spacial score (nSPS) is 24.0. The summed E-state index contributed by atoms with van der Waals surface area (Å²) in [6.45, 7) is 7.28. The summed E-state index contributed by atoms with van der Waals surface area (Å²) in [6, 6.07) is 1.28. The molecular weight excluding hydrogens is 252 g/mol. The highest BCUT2D eigenvalue weighted by molar-refractivity contribution is 5.77. The van der Waals surface area contributed by atoms with Crippen LogP contribution < -0.4 is 5.73 Å². The number of nitrogen functional groups attached to an aromatic ring is 1. The van der Waals surface area contributed by atoms with Crippen LogP contribution >= 0.6 is 0 Å². The fraction of sp³-hybridized carbons (Fsp3) is 0.714. The van der Waals surface area contributed by atoms with Crippen molar-refractivity contribution in [3.8, 4) is 0 Å². The monoisotopic (exact) mass is 274 g/mol. The van der Waals surface area contributed by atoms with Crippen LogP contribution in [0, 0.1) is 6.92 Å². The van der Waals surface area contributed by atoms with Gasteiger partial charge in [-0.2, -0.15) is 5.10 Å². The van der Waals surface area contributed by atoms with E-state index >= 15 is 0 Å². The van der Waals surface area contributed by atoms with E-state index in [1.54, 1.807) is 0 Å². The standard InChI is InChI=1S/C14H22N6/c1-3-19-13-12(9(2)17-19)16-14(15)20(13)11-6-7-18(8-11)10-4-5-10/h10-11H,3-8H2,1-2H3,(H2,15,16). The average molecular weight is 274 g/mol. The van der Waals surface area contributed by atoms with E-state index in [4.69, 9.17) is 5.73 Å². The molecule has 4 rings (SSSR count). The van der Waals surface area contributed by atoms with E-state index in [0.717, 1.165) is 36.0 Å². The maximum atomic E-state index is 6.20. The summed E-state index contributed by atoms with van der Waals surface area (Å²) in [5.41, 5.74) is 9.24. The minimum absolute atomic E-state index is 0.446. The summed E-state index contributed by atoms with van der Waals surface area (Å²) in [6.07, 6.45) is 3.90. The van der Waals surface area contributed by atoms with Crippen molar-refractivity contribution < 1.29 is 0 Å². The van der Waals surface area contributed by atoms with Crippen LogP contribution in [0.5, 0.6) is 0 Å². The van der Waals surface area contributed by atoms with Gasteiger partial charge in [0.1, 0.15) is 5.52 Å². The molecule has 3 heterocycles. The van der Waals surface area contributed by atoms with Crippen molar-refractivity contribution in [3.63, 3.8) is 0 Å². The quantitative estimate of drug-likeness (QED) is 0.922. The Kier molecular flexibility index (Phi) is 2.57. The van der Waals surface area contributed by atoms with Crippen molar-refractivity contribution in [3.05, 3.63) is 5.69 Å². The van der Waals surface area contributed by atoms with E-state index in [1.165, 1.54) is 25.8 Å². The fourth-order valence-electron chi connectivity index (χ4n) is 3.54. The highest BCUT2D eigenvalue weighted by atomic mass is 15.4. The van der Waals surface area contributed by atoms with Crippen LogP contribution in [0.15, 0.2) is 0 Å². The van der Waals surface area contributed by atoms with Gasteiger partial charge in [-0.1, -0.05) is 0 Å². The fourth-order valence-corrected chi connectivity index (χ4v) is 3.54. The predicted octanol–water partition coefficient (Wildman–Crippen LogP) is 1.55. The lowest BCUT2D eigenvalue weighted by molar-refractivity contribution is 0.314. The Morgan fingerprint density at radius 1 is 1.25 bits per heavy atom. The summed E-state index contributed by atoms with van der Waals surface area (Å²) in [4.78, 5) is 7.16. The van der Waals surface area contributed by atoms with E-state index in [0.29, 0.717) is 12.0 Å². The lowest BCUT2D eigenvalue weighted by Gasteiger charge is -2.17. The second kappa shape index (κ2) is 4.22. The van der Waals surface area contributed by atoms with Gasteiger partial charge in [-0.3, -0.25) is 9.47 Å². The van der Waals surface area contributed by atoms with Crippen LogP contribution in [-0.4, -0.2) is 43.4 Å². The van der Waals surface area contributed by atoms with Crippen LogP contribution in [-0.2, 0) is 6.54 Å². The topological polar surface area (TPSA) is 64.9 Å². The molecule has 20 heavy (non-hydrogen) atoms. The maximum Gasteiger partial charge on any atom is 0.202 e. The van der Waals surface area contributed by atoms with Crippen molar-refractivity contribution >= 4 is 17.1 Å². The molecule has 2 N–H and O–H groups in total. The molecule has 6 nitrogen and oxygen atoms in total. The Labute approximate surface area is 118 Å². The lowest BCUT2D eigenvalue weighted by Crippen LogP contribution is -2.24. The largest absolute Gasteiger partial charge is 0.369 e. The highest BCUT2D eigenvalue weighted by Gasteiger charge is 2.36. The molecule has 0 aromatic carbocycles. The maximum absolute atomic E-state index is 6.20. The number of hydrogen-bond acceptors (Lipinski definition) is 4. The van der Waals surface area contributed by atoms with E-state index in [1.807, 2.05) is 11.6 Å². The van der Waals surface area contributed by atoms with Crippen LogP contribution in [0.3, 0.4) is 0 Å². The van der Waals surface area contributed by atoms with Gasteiger partial charge in [-0.05, 0) is 33.1 Å². The number of hydrogen-bond donors (Lipinski definition) is 1. The molecule has 2 fully saturated rings. The molecule has 1 atom stereocenters. The zero-order valence-electron chi connectivity index (χ0n) is 12.2. The van der Waals surface area contributed by atoms with Gasteiger partial charge >= 0.3 is 0 Å². The second-order valence-electron chi connectivity index (χ2n) is 6.08. The Bertz CT molecular complexity index is 650. The Balaban J connectivity index is 1.76. The second-order valence-corrected chi connectivity index (χ2v) is 6.08. The number of imidazole rings is 1. The molecule has 0 radical (unpaired) electrons. The summed E-state index contributed by atoms with van der Waals surface area (Å²) in [5.74, 6) is 0.644. The van der Waals surface area contributed by atoms with Gasteiger partial charge in [-0.25, -0.2) is 9.67 Å². The van der Waals surface area contributed by atoms with E-state index in [9.17, 15) is 0 Å². The summed E-state index contributed by atoms with van der Waals surface area (Å²) in [5, 5.41) is 4.57. The molecule has 1 unspecified atom stereocenters. The molecule has 6 heteroatoms. The number of fused-ring (bicyclic) bond motifs is 1. The molecule has 1 aliphatic carbocycles. The van der Waals surface area contributed by atoms with Crippen molar-refractivity contribution in [2.24, 2.45) is 0 Å². The first kappa shape index (κ1) is 12.2. The first-order valence-corrected chi connectivity index (χ1v) is 7.64. The number of anilines is 1. The van der Waals surface area contributed by atoms with Gasteiger partial charge in [-0.15, -0.1) is 0 Å². The number of rotatable bonds is 3. The third kappa shape index (κ3) is 1.67. The molecule has 1 saturated carbocycles. The molecule has 2 aromatic heterocycles. The van der Waals surface area contributed by atoms with Gasteiger partial charge in [0.25, 0.3) is 0 Å². The molecule has 2 aliphatic rings. The minimum Gasteiger partial charge on any atom is -0.369 e. The number of aromatic nitrogens is 4. The lowest BCUT2D eigenvalue weighted by atomic mass is 10.2. The van der Waals surface area contributed by atoms with Gasteiger partial charge < -0.3 is 5.73 Å². The molecule has 0 amide bonds. The van der Waals surface area contributed by atoms with E-state index in [-0.39, 0.29) is 0 Å². The van der Waals surface area contributed by atoms with Crippen molar-refractivity contribution in [1.82, 2.24) is 24.2 Å². The molecule has 0 spiro atoms. The van der Waals surface area contributed by atoms with E-state index < -0.39 is 0 Å². The van der Waals surface area contributed by atoms with Gasteiger partial charge in [0, 0.05) is 25.7 Å². The first-order chi connectivity index (χ1) is 9.69. The van der Waals surface area contributed by atoms with Crippen molar-refractivity contribution in [2.75, 3.05) is 18.8 Å². The SMILES string of the molecule is CCn1nc(C)c2nc(N)n(C3CCN(C4CC4)C3)c21. The zero-order chi connectivity index (χ0) is 13.9. The van der Waals surface area contributed by atoms with Crippen LogP contribution in [0.2, 0.25) is 0 Å². The smallest absolute Gasteiger partial charge is 0.202 e. The van der Waals surface area contributed by atoms with Gasteiger partial charge in [0.05, 0.1) is 11.7 Å².